The molecule has 4 rings (SSSR count). The number of carbonyl (C=O) groups excluding carboxylic acids is 1. The fourth-order valence-corrected chi connectivity index (χ4v) is 5.23. The highest BCUT2D eigenvalue weighted by Gasteiger charge is 2.82. The van der Waals surface area contributed by atoms with Gasteiger partial charge in [0.1, 0.15) is 5.54 Å². The third-order valence-electron chi connectivity index (χ3n) is 6.52. The highest BCUT2D eigenvalue weighted by Crippen LogP contribution is 2.52. The van der Waals surface area contributed by atoms with Crippen LogP contribution in [0.4, 0.5) is 57.1 Å². The van der Waals surface area contributed by atoms with E-state index in [-0.39, 0.29) is 25.5 Å². The number of hydrogen-bond acceptors (Lipinski definition) is 6. The lowest BCUT2D eigenvalue weighted by molar-refractivity contribution is -0.307. The Bertz CT molecular complexity index is 1770. The number of aromatic nitrogens is 4. The summed E-state index contributed by atoms with van der Waals surface area (Å²) in [6.07, 6.45) is -24.5. The minimum absolute atomic E-state index is 0.0818. The van der Waals surface area contributed by atoms with Crippen LogP contribution in [0.5, 0.6) is 5.88 Å². The molecule has 1 N–H and O–H groups in total. The number of benzene rings is 1. The van der Waals surface area contributed by atoms with Gasteiger partial charge >= 0.3 is 39.8 Å². The van der Waals surface area contributed by atoms with Crippen molar-refractivity contribution in [1.82, 2.24) is 24.9 Å². The van der Waals surface area contributed by atoms with Crippen LogP contribution < -0.4 is 9.50 Å². The number of amides is 1. The summed E-state index contributed by atoms with van der Waals surface area (Å²) in [5, 5.41) is 0.758. The summed E-state index contributed by atoms with van der Waals surface area (Å²) < 4.78 is 202. The lowest BCUT2D eigenvalue weighted by Gasteiger charge is -2.28. The molecule has 1 fully saturated rings. The molecular weight excluding hydrogens is 713 g/mol. The van der Waals surface area contributed by atoms with Gasteiger partial charge in [0.05, 0.1) is 16.8 Å². The average molecular weight is 726 g/mol. The second-order valence-corrected chi connectivity index (χ2v) is 11.7. The molecule has 0 radical (unpaired) electrons. The number of nitrogens with one attached hydrogen (secondary N) is 1. The molecule has 24 heteroatoms. The van der Waals surface area contributed by atoms with E-state index in [1.54, 1.807) is 0 Å². The van der Waals surface area contributed by atoms with Crippen LogP contribution in [0.15, 0.2) is 30.6 Å². The molecule has 2 aromatic heterocycles. The molecule has 254 valence electrons. The van der Waals surface area contributed by atoms with Gasteiger partial charge in [-0.2, -0.15) is 66.2 Å². The van der Waals surface area contributed by atoms with Crippen molar-refractivity contribution >= 4 is 27.6 Å². The maximum atomic E-state index is 14.2. The molecule has 1 aromatic carbocycles. The SMILES string of the molecule is Cn1nc(OS(=O)(=O)C(F)(C(F)(F)F)C(F)(F)F)c(C(F)(F)F)c1-n1cc(-c2ccc(Cl)c(C(=O)NC3(C(F)(F)F)CC3)c2)cn1. The van der Waals surface area contributed by atoms with Crippen molar-refractivity contribution in [3.8, 4) is 22.8 Å². The monoisotopic (exact) mass is 725 g/mol. The number of carbonyl (C=O) groups is 1. The highest BCUT2D eigenvalue weighted by atomic mass is 35.5. The number of nitrogens with zero attached hydrogens (tertiary/aromatic N) is 4. The Morgan fingerprint density at radius 2 is 1.52 bits per heavy atom. The fourth-order valence-electron chi connectivity index (χ4n) is 4.02. The summed E-state index contributed by atoms with van der Waals surface area (Å²) in [7, 11) is -7.06. The molecule has 0 saturated heterocycles. The second-order valence-electron chi connectivity index (χ2n) is 9.66. The summed E-state index contributed by atoms with van der Waals surface area (Å²) >= 11 is 5.95. The number of hydrogen-bond donors (Lipinski definition) is 1. The molecule has 0 bridgehead atoms. The Labute approximate surface area is 252 Å². The molecule has 1 aliphatic carbocycles. The largest absolute Gasteiger partial charge is 0.450 e. The number of alkyl halides is 13. The van der Waals surface area contributed by atoms with Gasteiger partial charge in [0.15, 0.2) is 11.4 Å². The van der Waals surface area contributed by atoms with Crippen LogP contribution in [0.3, 0.4) is 0 Å². The smallest absolute Gasteiger partial charge is 0.356 e. The first-order valence-electron chi connectivity index (χ1n) is 11.8. The summed E-state index contributed by atoms with van der Waals surface area (Å²) in [6, 6.07) is 3.14. The molecule has 0 atom stereocenters. The van der Waals surface area contributed by atoms with Crippen molar-refractivity contribution in [1.29, 1.82) is 0 Å². The molecule has 1 saturated carbocycles. The van der Waals surface area contributed by atoms with E-state index in [9.17, 15) is 70.3 Å². The summed E-state index contributed by atoms with van der Waals surface area (Å²) in [4.78, 5) is 12.6. The predicted octanol–water partition coefficient (Wildman–Crippen LogP) is 6.27. The molecule has 1 amide bonds. The maximum Gasteiger partial charge on any atom is 0.450 e. The van der Waals surface area contributed by atoms with E-state index in [4.69, 9.17) is 11.6 Å². The van der Waals surface area contributed by atoms with Crippen LogP contribution in [0, 0.1) is 0 Å². The zero-order valence-corrected chi connectivity index (χ0v) is 23.5. The van der Waals surface area contributed by atoms with E-state index < -0.39 is 86.9 Å². The topological polar surface area (TPSA) is 108 Å². The van der Waals surface area contributed by atoms with Crippen LogP contribution >= 0.6 is 11.6 Å². The normalized spacial score (nSPS) is 16.0. The van der Waals surface area contributed by atoms with Gasteiger partial charge in [-0.05, 0) is 30.5 Å². The van der Waals surface area contributed by atoms with Crippen molar-refractivity contribution in [3.63, 3.8) is 0 Å². The van der Waals surface area contributed by atoms with Crippen molar-refractivity contribution in [2.75, 3.05) is 0 Å². The molecule has 1 aliphatic rings. The summed E-state index contributed by atoms with van der Waals surface area (Å²) in [5.74, 6) is -5.05. The molecule has 2 heterocycles. The fraction of sp³-hybridized carbons (Fsp3) is 0.409. The van der Waals surface area contributed by atoms with Crippen LogP contribution in [-0.4, -0.2) is 63.0 Å². The first kappa shape index (κ1) is 35.1. The number of halogens is 14. The molecule has 0 aliphatic heterocycles. The average Bonchev–Trinajstić information content (AvgIpc) is 3.37. The lowest BCUT2D eigenvalue weighted by atomic mass is 10.1. The molecule has 0 spiro atoms. The Hall–Kier alpha value is -3.76. The first-order valence-corrected chi connectivity index (χ1v) is 13.6. The van der Waals surface area contributed by atoms with Crippen molar-refractivity contribution in [2.24, 2.45) is 7.05 Å². The maximum absolute atomic E-state index is 14.2. The predicted molar refractivity (Wildman–Crippen MR) is 127 cm³/mol. The Balaban J connectivity index is 1.75. The van der Waals surface area contributed by atoms with E-state index in [0.717, 1.165) is 30.6 Å². The van der Waals surface area contributed by atoms with Gasteiger partial charge in [-0.3, -0.25) is 4.79 Å². The van der Waals surface area contributed by atoms with Crippen LogP contribution in [0.2, 0.25) is 5.02 Å². The minimum Gasteiger partial charge on any atom is -0.356 e. The Morgan fingerprint density at radius 3 is 2.00 bits per heavy atom. The highest BCUT2D eigenvalue weighted by molar-refractivity contribution is 7.88. The minimum atomic E-state index is -7.67. The number of rotatable bonds is 7. The van der Waals surface area contributed by atoms with E-state index in [1.165, 1.54) is 0 Å². The van der Waals surface area contributed by atoms with Gasteiger partial charge in [-0.15, -0.1) is 5.10 Å². The number of aryl methyl sites for hydroxylation is 1. The summed E-state index contributed by atoms with van der Waals surface area (Å²) in [6.45, 7) is 0. The first-order chi connectivity index (χ1) is 20.7. The van der Waals surface area contributed by atoms with E-state index in [1.807, 2.05) is 5.32 Å². The zero-order chi connectivity index (χ0) is 35.1. The van der Waals surface area contributed by atoms with E-state index in [2.05, 4.69) is 14.4 Å². The second kappa shape index (κ2) is 10.6. The standard InChI is InChI=1S/C22H13ClF13N5O4S/c1-40-16(13(18(24,25)26)15(39-40)45-46(43,44)19(27,21(31,32)33)22(34,35)36)41-8-10(7-37-41)9-2-3-12(23)11(6-9)14(42)38-17(4-5-17)20(28,29)30/h2-3,6-8H,4-5H2,1H3,(H,38,42). The molecule has 46 heavy (non-hydrogen) atoms. The van der Waals surface area contributed by atoms with Crippen LogP contribution in [0.25, 0.3) is 16.9 Å². The Kier molecular flexibility index (Phi) is 8.12. The van der Waals surface area contributed by atoms with Crippen LogP contribution in [-0.2, 0) is 23.3 Å². The molecule has 0 unspecified atom stereocenters. The Morgan fingerprint density at radius 1 is 0.957 bits per heavy atom. The van der Waals surface area contributed by atoms with Gasteiger partial charge in [0.2, 0.25) is 0 Å². The van der Waals surface area contributed by atoms with E-state index >= 15 is 0 Å². The van der Waals surface area contributed by atoms with Gasteiger partial charge in [0.25, 0.3) is 11.8 Å². The van der Waals surface area contributed by atoms with Gasteiger partial charge < -0.3 is 9.50 Å². The van der Waals surface area contributed by atoms with Gasteiger partial charge in [-0.1, -0.05) is 17.7 Å². The third-order valence-corrected chi connectivity index (χ3v) is 8.38. The zero-order valence-electron chi connectivity index (χ0n) is 21.9. The third kappa shape index (κ3) is 5.81. The summed E-state index contributed by atoms with van der Waals surface area (Å²) in [5.41, 5.74) is -5.67. The van der Waals surface area contributed by atoms with Gasteiger partial charge in [0, 0.05) is 18.8 Å². The van der Waals surface area contributed by atoms with E-state index in [0.29, 0.717) is 7.05 Å². The lowest BCUT2D eigenvalue weighted by Crippen LogP contribution is -2.60. The quantitative estimate of drug-likeness (QED) is 0.228. The van der Waals surface area contributed by atoms with Gasteiger partial charge in [-0.25, -0.2) is 13.8 Å². The van der Waals surface area contributed by atoms with Crippen LogP contribution in [0.1, 0.15) is 28.8 Å². The van der Waals surface area contributed by atoms with Crippen molar-refractivity contribution < 1.29 is 74.5 Å². The van der Waals surface area contributed by atoms with Crippen molar-refractivity contribution in [3.05, 3.63) is 46.7 Å². The molecule has 3 aromatic rings. The van der Waals surface area contributed by atoms with Crippen molar-refractivity contribution in [2.45, 2.75) is 48.1 Å². The molecule has 9 nitrogen and oxygen atoms in total. The molecular formula is C22H13ClF13N5O4S.